The SMILES string of the molecule is CC([O-])=C1C=CC(C(C)(C)C)=C1C(C)(C)C.CC([O-])=C1C=CC=C1.[Fe+2]. The first-order chi connectivity index (χ1) is 10.9. The Labute approximate surface area is 163 Å². The second-order valence-corrected chi connectivity index (χ2v) is 8.32. The van der Waals surface area contributed by atoms with Gasteiger partial charge < -0.3 is 10.2 Å². The number of hydrogen-bond donors (Lipinski definition) is 0. The standard InChI is InChI=1S/C15H24O.C7H8O.Fe/c1-10(16)11-8-9-12(14(2,3)4)13(11)15(5,6)7;1-6(8)7-4-2-3-5-7;/h8-9,16H,1-7H3;2-5,8H,1H3;/q;;+2/p-2. The summed E-state index contributed by atoms with van der Waals surface area (Å²) in [7, 11) is 0. The quantitative estimate of drug-likeness (QED) is 0.463. The van der Waals surface area contributed by atoms with E-state index in [2.05, 4.69) is 47.6 Å². The van der Waals surface area contributed by atoms with Gasteiger partial charge in [-0.25, -0.2) is 0 Å². The van der Waals surface area contributed by atoms with Gasteiger partial charge in [0.2, 0.25) is 0 Å². The van der Waals surface area contributed by atoms with Crippen molar-refractivity contribution in [2.45, 2.75) is 55.4 Å². The van der Waals surface area contributed by atoms with Crippen LogP contribution in [0.3, 0.4) is 0 Å². The Balaban J connectivity index is 0.000000540. The average Bonchev–Trinajstić information content (AvgIpc) is 3.07. The van der Waals surface area contributed by atoms with Gasteiger partial charge in [0.05, 0.1) is 0 Å². The molecule has 0 fully saturated rings. The van der Waals surface area contributed by atoms with E-state index >= 15 is 0 Å². The van der Waals surface area contributed by atoms with Gasteiger partial charge in [-0.2, -0.15) is 0 Å². The molecule has 0 aromatic carbocycles. The van der Waals surface area contributed by atoms with Crippen molar-refractivity contribution in [1.82, 2.24) is 0 Å². The topological polar surface area (TPSA) is 46.1 Å². The normalized spacial score (nSPS) is 18.2. The monoisotopic (exact) mass is 382 g/mol. The van der Waals surface area contributed by atoms with Gasteiger partial charge in [0, 0.05) is 0 Å². The van der Waals surface area contributed by atoms with E-state index in [4.69, 9.17) is 0 Å². The average molecular weight is 382 g/mol. The Bertz CT molecular complexity index is 648. The number of hydrogen-bond acceptors (Lipinski definition) is 2. The van der Waals surface area contributed by atoms with Crippen LogP contribution >= 0.6 is 0 Å². The van der Waals surface area contributed by atoms with Gasteiger partial charge in [-0.1, -0.05) is 91.8 Å². The molecule has 0 heterocycles. The number of rotatable bonds is 0. The van der Waals surface area contributed by atoms with E-state index in [-0.39, 0.29) is 39.4 Å². The Morgan fingerprint density at radius 1 is 0.720 bits per heavy atom. The molecule has 0 aromatic heterocycles. The predicted octanol–water partition coefficient (Wildman–Crippen LogP) is 4.32. The summed E-state index contributed by atoms with van der Waals surface area (Å²) in [6.45, 7) is 16.3. The van der Waals surface area contributed by atoms with Crippen molar-refractivity contribution in [3.63, 3.8) is 0 Å². The Kier molecular flexibility index (Phi) is 8.27. The molecule has 0 spiro atoms. The molecule has 2 aliphatic rings. The molecule has 2 nitrogen and oxygen atoms in total. The first-order valence-corrected chi connectivity index (χ1v) is 8.40. The van der Waals surface area contributed by atoms with Crippen molar-refractivity contribution in [3.8, 4) is 0 Å². The Morgan fingerprint density at radius 2 is 1.20 bits per heavy atom. The number of allylic oxidation sites excluding steroid dienone is 12. The maximum atomic E-state index is 11.7. The van der Waals surface area contributed by atoms with E-state index in [9.17, 15) is 10.2 Å². The minimum Gasteiger partial charge on any atom is -0.875 e. The predicted molar refractivity (Wildman–Crippen MR) is 98.8 cm³/mol. The smallest absolute Gasteiger partial charge is 0.875 e. The molecule has 3 heteroatoms. The van der Waals surface area contributed by atoms with Crippen molar-refractivity contribution >= 4 is 0 Å². The molecule has 0 amide bonds. The zero-order chi connectivity index (χ0) is 18.7. The molecule has 0 aromatic rings. The molecule has 2 rings (SSSR count). The molecule has 0 atom stereocenters. The van der Waals surface area contributed by atoms with Gasteiger partial charge in [-0.05, 0) is 33.1 Å². The Hall–Kier alpha value is -1.44. The van der Waals surface area contributed by atoms with Crippen LogP contribution in [0.4, 0.5) is 0 Å². The van der Waals surface area contributed by atoms with Crippen LogP contribution in [0.2, 0.25) is 0 Å². The molecule has 0 unspecified atom stereocenters. The molecule has 0 N–H and O–H groups in total. The van der Waals surface area contributed by atoms with E-state index < -0.39 is 0 Å². The van der Waals surface area contributed by atoms with Gasteiger partial charge >= 0.3 is 17.1 Å². The molecule has 0 saturated heterocycles. The largest absolute Gasteiger partial charge is 2.00 e. The summed E-state index contributed by atoms with van der Waals surface area (Å²) in [4.78, 5) is 0. The summed E-state index contributed by atoms with van der Waals surface area (Å²) in [6.07, 6.45) is 11.4. The molecule has 25 heavy (non-hydrogen) atoms. The van der Waals surface area contributed by atoms with E-state index in [0.717, 1.165) is 11.1 Å². The molecule has 0 bridgehead atoms. The van der Waals surface area contributed by atoms with Crippen molar-refractivity contribution in [2.75, 3.05) is 0 Å². The van der Waals surface area contributed by atoms with E-state index in [1.165, 1.54) is 11.1 Å². The maximum Gasteiger partial charge on any atom is 2.00 e. The van der Waals surface area contributed by atoms with Crippen LogP contribution in [0, 0.1) is 10.8 Å². The molecule has 0 radical (unpaired) electrons. The zero-order valence-electron chi connectivity index (χ0n) is 16.6. The molecular weight excluding hydrogens is 352 g/mol. The second kappa shape index (κ2) is 8.78. The zero-order valence-corrected chi connectivity index (χ0v) is 17.7. The summed E-state index contributed by atoms with van der Waals surface area (Å²) in [5, 5.41) is 22.2. The van der Waals surface area contributed by atoms with Crippen LogP contribution in [0.5, 0.6) is 0 Å². The van der Waals surface area contributed by atoms with Gasteiger partial charge in [0.25, 0.3) is 0 Å². The summed E-state index contributed by atoms with van der Waals surface area (Å²) < 4.78 is 0. The molecule has 0 saturated carbocycles. The van der Waals surface area contributed by atoms with Gasteiger partial charge in [0.15, 0.2) is 0 Å². The van der Waals surface area contributed by atoms with Crippen LogP contribution in [0.1, 0.15) is 55.4 Å². The first kappa shape index (κ1) is 23.6. The van der Waals surface area contributed by atoms with Crippen LogP contribution in [0.25, 0.3) is 0 Å². The molecule has 0 aliphatic heterocycles. The minimum absolute atomic E-state index is 0. The van der Waals surface area contributed by atoms with Crippen molar-refractivity contribution < 1.29 is 27.3 Å². The second-order valence-electron chi connectivity index (χ2n) is 8.32. The van der Waals surface area contributed by atoms with Gasteiger partial charge in [-0.15, -0.1) is 11.5 Å². The van der Waals surface area contributed by atoms with Crippen LogP contribution in [-0.4, -0.2) is 0 Å². The summed E-state index contributed by atoms with van der Waals surface area (Å²) in [6, 6.07) is 0. The summed E-state index contributed by atoms with van der Waals surface area (Å²) in [5.74, 6) is 0.301. The molecular formula is C22H30FeO2. The summed E-state index contributed by atoms with van der Waals surface area (Å²) in [5.41, 5.74) is 4.31. The minimum atomic E-state index is 0. The van der Waals surface area contributed by atoms with E-state index in [1.807, 2.05) is 30.4 Å². The van der Waals surface area contributed by atoms with Crippen LogP contribution in [0.15, 0.2) is 70.3 Å². The van der Waals surface area contributed by atoms with Crippen molar-refractivity contribution in [3.05, 3.63) is 70.3 Å². The van der Waals surface area contributed by atoms with Gasteiger partial charge in [0.1, 0.15) is 0 Å². The maximum absolute atomic E-state index is 11.7. The third-order valence-electron chi connectivity index (χ3n) is 3.96. The molecule has 2 aliphatic carbocycles. The summed E-state index contributed by atoms with van der Waals surface area (Å²) >= 11 is 0. The van der Waals surface area contributed by atoms with Crippen molar-refractivity contribution in [1.29, 1.82) is 0 Å². The Morgan fingerprint density at radius 3 is 1.48 bits per heavy atom. The third kappa shape index (κ3) is 6.41. The third-order valence-corrected chi connectivity index (χ3v) is 3.96. The fraction of sp³-hybridized carbons (Fsp3) is 0.455. The van der Waals surface area contributed by atoms with Crippen LogP contribution < -0.4 is 10.2 Å². The van der Waals surface area contributed by atoms with Gasteiger partial charge in [-0.3, -0.25) is 0 Å². The van der Waals surface area contributed by atoms with E-state index in [1.54, 1.807) is 13.8 Å². The fourth-order valence-corrected chi connectivity index (χ4v) is 2.81. The molecule has 138 valence electrons. The van der Waals surface area contributed by atoms with E-state index in [0.29, 0.717) is 0 Å². The fourth-order valence-electron chi connectivity index (χ4n) is 2.81. The van der Waals surface area contributed by atoms with Crippen LogP contribution in [-0.2, 0) is 17.1 Å². The van der Waals surface area contributed by atoms with Crippen molar-refractivity contribution in [2.24, 2.45) is 10.8 Å². The first-order valence-electron chi connectivity index (χ1n) is 8.40.